The van der Waals surface area contributed by atoms with Gasteiger partial charge in [-0.3, -0.25) is 4.79 Å². The standard InChI is InChI=1S/C21H21ClN2O4/c1-28-20(26)17-9-2-3-10-18(17)23-21(27)24-11-5-7-15(13-24)19(25)14-6-4-8-16(22)12-14/h2-4,6,8-10,12,15H,5,7,11,13H2,1H3,(H,23,27)/t15-/m0/s1. The molecule has 1 atom stereocenters. The van der Waals surface area contributed by atoms with Crippen LogP contribution in [0.4, 0.5) is 10.5 Å². The summed E-state index contributed by atoms with van der Waals surface area (Å²) >= 11 is 5.99. The number of ketones is 1. The number of halogens is 1. The number of hydrogen-bond acceptors (Lipinski definition) is 4. The van der Waals surface area contributed by atoms with Crippen LogP contribution in [0.25, 0.3) is 0 Å². The maximum atomic E-state index is 12.8. The Bertz CT molecular complexity index is 899. The maximum Gasteiger partial charge on any atom is 0.339 e. The lowest BCUT2D eigenvalue weighted by atomic mass is 9.90. The molecule has 1 aliphatic heterocycles. The van der Waals surface area contributed by atoms with Gasteiger partial charge in [-0.2, -0.15) is 0 Å². The number of rotatable bonds is 4. The highest BCUT2D eigenvalue weighted by atomic mass is 35.5. The van der Waals surface area contributed by atoms with Crippen LogP contribution in [0.3, 0.4) is 0 Å². The van der Waals surface area contributed by atoms with Crippen molar-refractivity contribution in [2.75, 3.05) is 25.5 Å². The lowest BCUT2D eigenvalue weighted by Gasteiger charge is -2.32. The van der Waals surface area contributed by atoms with Gasteiger partial charge in [0.25, 0.3) is 0 Å². The summed E-state index contributed by atoms with van der Waals surface area (Å²) in [5.74, 6) is -0.827. The number of Topliss-reactive ketones (excluding diaryl/α,β-unsaturated/α-hetero) is 1. The third kappa shape index (κ3) is 4.51. The number of para-hydroxylation sites is 1. The van der Waals surface area contributed by atoms with Gasteiger partial charge in [-0.05, 0) is 37.1 Å². The average Bonchev–Trinajstić information content (AvgIpc) is 2.73. The zero-order valence-electron chi connectivity index (χ0n) is 15.5. The summed E-state index contributed by atoms with van der Waals surface area (Å²) in [7, 11) is 1.29. The number of carbonyl (C=O) groups excluding carboxylic acids is 3. The van der Waals surface area contributed by atoms with E-state index in [1.807, 2.05) is 0 Å². The lowest BCUT2D eigenvalue weighted by Crippen LogP contribution is -2.44. The highest BCUT2D eigenvalue weighted by molar-refractivity contribution is 6.31. The summed E-state index contributed by atoms with van der Waals surface area (Å²) in [5.41, 5.74) is 1.21. The number of likely N-dealkylation sites (tertiary alicyclic amines) is 1. The van der Waals surface area contributed by atoms with E-state index in [1.54, 1.807) is 53.4 Å². The molecule has 1 N–H and O–H groups in total. The molecule has 2 aromatic rings. The van der Waals surface area contributed by atoms with Gasteiger partial charge in [0.2, 0.25) is 0 Å². The number of nitrogens with zero attached hydrogens (tertiary/aromatic N) is 1. The summed E-state index contributed by atoms with van der Waals surface area (Å²) in [6, 6.07) is 13.2. The molecule has 7 heteroatoms. The Morgan fingerprint density at radius 3 is 2.68 bits per heavy atom. The van der Waals surface area contributed by atoms with Crippen molar-refractivity contribution in [1.82, 2.24) is 4.90 Å². The fourth-order valence-corrected chi connectivity index (χ4v) is 3.52. The van der Waals surface area contributed by atoms with E-state index in [4.69, 9.17) is 16.3 Å². The average molecular weight is 401 g/mol. The van der Waals surface area contributed by atoms with Crippen molar-refractivity contribution in [3.8, 4) is 0 Å². The molecule has 0 radical (unpaired) electrons. The highest BCUT2D eigenvalue weighted by Crippen LogP contribution is 2.24. The Morgan fingerprint density at radius 2 is 1.93 bits per heavy atom. The lowest BCUT2D eigenvalue weighted by molar-refractivity contribution is 0.0601. The van der Waals surface area contributed by atoms with Crippen molar-refractivity contribution in [2.24, 2.45) is 5.92 Å². The smallest absolute Gasteiger partial charge is 0.339 e. The SMILES string of the molecule is COC(=O)c1ccccc1NC(=O)N1CCC[C@H](C(=O)c2cccc(Cl)c2)C1. The second-order valence-electron chi connectivity index (χ2n) is 6.63. The monoisotopic (exact) mass is 400 g/mol. The van der Waals surface area contributed by atoms with E-state index in [9.17, 15) is 14.4 Å². The fraction of sp³-hybridized carbons (Fsp3) is 0.286. The van der Waals surface area contributed by atoms with Crippen molar-refractivity contribution in [3.05, 3.63) is 64.7 Å². The van der Waals surface area contributed by atoms with Crippen molar-refractivity contribution in [2.45, 2.75) is 12.8 Å². The van der Waals surface area contributed by atoms with Crippen molar-refractivity contribution in [3.63, 3.8) is 0 Å². The van der Waals surface area contributed by atoms with Crippen molar-refractivity contribution < 1.29 is 19.1 Å². The van der Waals surface area contributed by atoms with Gasteiger partial charge in [-0.15, -0.1) is 0 Å². The Labute approximate surface area is 168 Å². The molecular formula is C21H21ClN2O4. The van der Waals surface area contributed by atoms with Crippen molar-refractivity contribution >= 4 is 35.1 Å². The first-order valence-electron chi connectivity index (χ1n) is 9.02. The number of methoxy groups -OCH3 is 1. The van der Waals surface area contributed by atoms with E-state index in [-0.39, 0.29) is 23.3 Å². The number of nitrogens with one attached hydrogen (secondary N) is 1. The van der Waals surface area contributed by atoms with E-state index < -0.39 is 5.97 Å². The van der Waals surface area contributed by atoms with Crippen LogP contribution < -0.4 is 5.32 Å². The molecule has 1 heterocycles. The van der Waals surface area contributed by atoms with Crippen LogP contribution in [-0.2, 0) is 4.74 Å². The molecule has 0 aromatic heterocycles. The predicted molar refractivity (Wildman–Crippen MR) is 107 cm³/mol. The first-order valence-corrected chi connectivity index (χ1v) is 9.40. The number of benzene rings is 2. The van der Waals surface area contributed by atoms with Gasteiger partial charge in [0, 0.05) is 29.6 Å². The molecule has 3 rings (SSSR count). The van der Waals surface area contributed by atoms with Crippen LogP contribution in [0.1, 0.15) is 33.6 Å². The molecule has 2 amide bonds. The summed E-state index contributed by atoms with van der Waals surface area (Å²) in [6.07, 6.45) is 1.44. The largest absolute Gasteiger partial charge is 0.465 e. The maximum absolute atomic E-state index is 12.8. The third-order valence-electron chi connectivity index (χ3n) is 4.76. The van der Waals surface area contributed by atoms with E-state index in [2.05, 4.69) is 5.32 Å². The number of anilines is 1. The first kappa shape index (κ1) is 19.9. The van der Waals surface area contributed by atoms with Gasteiger partial charge in [-0.1, -0.05) is 35.9 Å². The molecule has 146 valence electrons. The van der Waals surface area contributed by atoms with Crippen LogP contribution in [0.2, 0.25) is 5.02 Å². The molecule has 0 aliphatic carbocycles. The van der Waals surface area contributed by atoms with E-state index in [0.29, 0.717) is 35.8 Å². The first-order chi connectivity index (χ1) is 13.5. The molecule has 1 saturated heterocycles. The Kier molecular flexibility index (Phi) is 6.31. The van der Waals surface area contributed by atoms with Gasteiger partial charge in [0.05, 0.1) is 18.4 Å². The molecule has 1 fully saturated rings. The van der Waals surface area contributed by atoms with Crippen LogP contribution in [0.5, 0.6) is 0 Å². The molecule has 28 heavy (non-hydrogen) atoms. The fourth-order valence-electron chi connectivity index (χ4n) is 3.33. The van der Waals surface area contributed by atoms with E-state index >= 15 is 0 Å². The predicted octanol–water partition coefficient (Wildman–Crippen LogP) is 4.25. The summed E-state index contributed by atoms with van der Waals surface area (Å²) in [5, 5.41) is 3.27. The summed E-state index contributed by atoms with van der Waals surface area (Å²) < 4.78 is 4.75. The number of hydrogen-bond donors (Lipinski definition) is 1. The normalized spacial score (nSPS) is 16.4. The number of piperidine rings is 1. The molecule has 2 aromatic carbocycles. The van der Waals surface area contributed by atoms with Gasteiger partial charge < -0.3 is 15.0 Å². The Hall–Kier alpha value is -2.86. The van der Waals surface area contributed by atoms with Crippen LogP contribution >= 0.6 is 11.6 Å². The van der Waals surface area contributed by atoms with Gasteiger partial charge in [0.15, 0.2) is 5.78 Å². The third-order valence-corrected chi connectivity index (χ3v) is 5.00. The second-order valence-corrected chi connectivity index (χ2v) is 7.06. The quantitative estimate of drug-likeness (QED) is 0.614. The minimum absolute atomic E-state index is 0.0186. The van der Waals surface area contributed by atoms with Crippen LogP contribution in [0, 0.1) is 5.92 Å². The molecular weight excluding hydrogens is 380 g/mol. The van der Waals surface area contributed by atoms with Gasteiger partial charge in [0.1, 0.15) is 0 Å². The molecule has 0 bridgehead atoms. The molecule has 0 unspecified atom stereocenters. The minimum atomic E-state index is -0.524. The molecule has 6 nitrogen and oxygen atoms in total. The van der Waals surface area contributed by atoms with Crippen LogP contribution in [0.15, 0.2) is 48.5 Å². The second kappa shape index (κ2) is 8.89. The zero-order valence-corrected chi connectivity index (χ0v) is 16.2. The molecule has 1 aliphatic rings. The summed E-state index contributed by atoms with van der Waals surface area (Å²) in [4.78, 5) is 39.0. The Morgan fingerprint density at radius 1 is 1.14 bits per heavy atom. The number of amides is 2. The number of carbonyl (C=O) groups is 3. The van der Waals surface area contributed by atoms with Crippen molar-refractivity contribution in [1.29, 1.82) is 0 Å². The van der Waals surface area contributed by atoms with Gasteiger partial charge >= 0.3 is 12.0 Å². The van der Waals surface area contributed by atoms with E-state index in [1.165, 1.54) is 7.11 Å². The Balaban J connectivity index is 1.70. The summed E-state index contributed by atoms with van der Waals surface area (Å²) in [6.45, 7) is 0.864. The van der Waals surface area contributed by atoms with E-state index in [0.717, 1.165) is 6.42 Å². The zero-order chi connectivity index (χ0) is 20.1. The number of ether oxygens (including phenoxy) is 1. The number of esters is 1. The van der Waals surface area contributed by atoms with Crippen LogP contribution in [-0.4, -0.2) is 42.9 Å². The minimum Gasteiger partial charge on any atom is -0.465 e. The molecule has 0 spiro atoms. The topological polar surface area (TPSA) is 75.7 Å². The number of urea groups is 1. The highest BCUT2D eigenvalue weighted by Gasteiger charge is 2.29. The van der Waals surface area contributed by atoms with Gasteiger partial charge in [-0.25, -0.2) is 9.59 Å². The molecule has 0 saturated carbocycles.